The van der Waals surface area contributed by atoms with E-state index in [9.17, 15) is 0 Å². The summed E-state index contributed by atoms with van der Waals surface area (Å²) in [6, 6.07) is 13.6. The lowest BCUT2D eigenvalue weighted by atomic mass is 9.88. The standard InChI is InChI=1S/C16H14/c1-2-6-12-8-4-10-14-13-9-3-7-11(5-1)15(13)16(12)14/h3-4,7-10H,1-2,5-6H2. The number of hydrogen-bond donors (Lipinski definition) is 0. The van der Waals surface area contributed by atoms with Crippen LogP contribution < -0.4 is 0 Å². The van der Waals surface area contributed by atoms with Crippen LogP contribution in [0.3, 0.4) is 0 Å². The van der Waals surface area contributed by atoms with Gasteiger partial charge in [0, 0.05) is 0 Å². The van der Waals surface area contributed by atoms with Crippen LogP contribution >= 0.6 is 0 Å². The van der Waals surface area contributed by atoms with Gasteiger partial charge in [0.2, 0.25) is 0 Å². The minimum Gasteiger partial charge on any atom is -0.0613 e. The molecule has 0 unspecified atom stereocenters. The van der Waals surface area contributed by atoms with Gasteiger partial charge in [0.15, 0.2) is 0 Å². The van der Waals surface area contributed by atoms with Crippen molar-refractivity contribution in [3.05, 3.63) is 68.4 Å². The van der Waals surface area contributed by atoms with Crippen molar-refractivity contribution in [1.82, 2.24) is 0 Å². The van der Waals surface area contributed by atoms with Crippen LogP contribution in [0.2, 0.25) is 0 Å². The molecule has 0 spiro atoms. The van der Waals surface area contributed by atoms with E-state index in [-0.39, 0.29) is 0 Å². The van der Waals surface area contributed by atoms with Crippen LogP contribution in [0.5, 0.6) is 0 Å². The third-order valence-electron chi connectivity index (χ3n) is 3.98. The lowest BCUT2D eigenvalue weighted by molar-refractivity contribution is 0.718. The van der Waals surface area contributed by atoms with E-state index in [1.807, 2.05) is 0 Å². The van der Waals surface area contributed by atoms with Gasteiger partial charge in [-0.25, -0.2) is 0 Å². The Morgan fingerprint density at radius 3 is 1.62 bits per heavy atom. The van der Waals surface area contributed by atoms with Crippen molar-refractivity contribution >= 4 is 0 Å². The molecule has 0 nitrogen and oxygen atoms in total. The van der Waals surface area contributed by atoms with Crippen molar-refractivity contribution in [2.75, 3.05) is 0 Å². The fraction of sp³-hybridized carbons (Fsp3) is 0.250. The summed E-state index contributed by atoms with van der Waals surface area (Å²) in [6.07, 6.45) is 5.19. The van der Waals surface area contributed by atoms with Gasteiger partial charge in [-0.05, 0) is 57.7 Å². The van der Waals surface area contributed by atoms with Crippen LogP contribution in [-0.4, -0.2) is 0 Å². The van der Waals surface area contributed by atoms with Gasteiger partial charge in [0.1, 0.15) is 0 Å². The third-order valence-corrected chi connectivity index (χ3v) is 3.98. The van der Waals surface area contributed by atoms with Crippen molar-refractivity contribution in [2.24, 2.45) is 0 Å². The zero-order valence-electron chi connectivity index (χ0n) is 9.29. The van der Waals surface area contributed by atoms with E-state index in [1.54, 1.807) is 21.6 Å². The number of rotatable bonds is 0. The number of aryl methyl sites for hydroxylation is 2. The predicted molar refractivity (Wildman–Crippen MR) is 64.9 cm³/mol. The van der Waals surface area contributed by atoms with Crippen LogP contribution in [0.25, 0.3) is 0 Å². The molecule has 0 heterocycles. The molecule has 0 fully saturated rings. The van der Waals surface area contributed by atoms with Crippen molar-refractivity contribution in [1.29, 1.82) is 0 Å². The Labute approximate surface area is 94.6 Å². The van der Waals surface area contributed by atoms with E-state index in [0.717, 1.165) is 0 Å². The highest BCUT2D eigenvalue weighted by molar-refractivity contribution is 5.38. The first-order valence-corrected chi connectivity index (χ1v) is 6.20. The van der Waals surface area contributed by atoms with Gasteiger partial charge >= 0.3 is 0 Å². The first-order chi connectivity index (χ1) is 7.95. The molecule has 0 aliphatic heterocycles. The van der Waals surface area contributed by atoms with Gasteiger partial charge in [-0.2, -0.15) is 0 Å². The second-order valence-corrected chi connectivity index (χ2v) is 4.89. The van der Waals surface area contributed by atoms with Gasteiger partial charge in [-0.3, -0.25) is 0 Å². The Bertz CT molecular complexity index is 688. The summed E-state index contributed by atoms with van der Waals surface area (Å²) in [5, 5.41) is 6.09. The fourth-order valence-corrected chi connectivity index (χ4v) is 3.22. The lowest BCUT2D eigenvalue weighted by Crippen LogP contribution is -2.04. The van der Waals surface area contributed by atoms with E-state index in [0.29, 0.717) is 0 Å². The minimum absolute atomic E-state index is 1.26. The smallest absolute Gasteiger partial charge is 0.00641 e. The predicted octanol–water partition coefficient (Wildman–Crippen LogP) is 3.45. The maximum atomic E-state index is 2.31. The SMILES string of the molecule is c1cc2c3c(c1)=c1cccc(c1=3)CCCC2. The molecule has 0 atom stereocenters. The second kappa shape index (κ2) is 2.98. The van der Waals surface area contributed by atoms with Crippen LogP contribution in [0, 0.1) is 20.9 Å². The van der Waals surface area contributed by atoms with E-state index in [2.05, 4.69) is 36.4 Å². The van der Waals surface area contributed by atoms with Gasteiger partial charge < -0.3 is 0 Å². The molecular weight excluding hydrogens is 192 g/mol. The maximum absolute atomic E-state index is 2.31. The van der Waals surface area contributed by atoms with Gasteiger partial charge in [-0.1, -0.05) is 36.4 Å². The summed E-state index contributed by atoms with van der Waals surface area (Å²) in [4.78, 5) is 0. The number of hydrogen-bond acceptors (Lipinski definition) is 0. The normalized spacial score (nSPS) is 15.8. The summed E-state index contributed by atoms with van der Waals surface area (Å²) in [6.45, 7) is 0. The molecule has 0 bridgehead atoms. The average molecular weight is 206 g/mol. The molecule has 0 aromatic heterocycles. The van der Waals surface area contributed by atoms with Gasteiger partial charge in [-0.15, -0.1) is 0 Å². The molecule has 0 amide bonds. The minimum atomic E-state index is 1.26. The van der Waals surface area contributed by atoms with Crippen molar-refractivity contribution in [2.45, 2.75) is 25.7 Å². The molecule has 16 heavy (non-hydrogen) atoms. The molecule has 4 rings (SSSR count). The highest BCUT2D eigenvalue weighted by atomic mass is 14.2. The zero-order chi connectivity index (χ0) is 10.5. The Morgan fingerprint density at radius 2 is 1.12 bits per heavy atom. The molecule has 2 aliphatic carbocycles. The maximum Gasteiger partial charge on any atom is -0.00641 e. The quantitative estimate of drug-likeness (QED) is 0.528. The first kappa shape index (κ1) is 8.58. The highest BCUT2D eigenvalue weighted by Gasteiger charge is 2.12. The highest BCUT2D eigenvalue weighted by Crippen LogP contribution is 2.24. The van der Waals surface area contributed by atoms with Crippen LogP contribution in [0.15, 0.2) is 36.4 Å². The van der Waals surface area contributed by atoms with Crippen LogP contribution in [-0.2, 0) is 12.8 Å². The zero-order valence-corrected chi connectivity index (χ0v) is 9.29. The van der Waals surface area contributed by atoms with E-state index in [4.69, 9.17) is 0 Å². The second-order valence-electron chi connectivity index (χ2n) is 4.89. The average Bonchev–Trinajstić information content (AvgIpc) is 2.27. The van der Waals surface area contributed by atoms with Crippen molar-refractivity contribution < 1.29 is 0 Å². The molecule has 0 heteroatoms. The molecule has 2 aromatic rings. The Hall–Kier alpha value is -1.56. The first-order valence-electron chi connectivity index (χ1n) is 6.20. The largest absolute Gasteiger partial charge is 0.0613 e. The summed E-state index contributed by atoms with van der Waals surface area (Å²) >= 11 is 0. The molecule has 0 saturated carbocycles. The summed E-state index contributed by atoms with van der Waals surface area (Å²) in [5.74, 6) is 0. The molecule has 2 aliphatic rings. The Kier molecular flexibility index (Phi) is 1.59. The summed E-state index contributed by atoms with van der Waals surface area (Å²) in [7, 11) is 0. The topological polar surface area (TPSA) is 0 Å². The van der Waals surface area contributed by atoms with E-state index < -0.39 is 0 Å². The fourth-order valence-electron chi connectivity index (χ4n) is 3.22. The molecule has 78 valence electrons. The Morgan fingerprint density at radius 1 is 0.625 bits per heavy atom. The molecule has 2 aromatic carbocycles. The monoisotopic (exact) mass is 206 g/mol. The van der Waals surface area contributed by atoms with Crippen LogP contribution in [0.1, 0.15) is 24.0 Å². The lowest BCUT2D eigenvalue weighted by Gasteiger charge is -2.16. The third kappa shape index (κ3) is 0.948. The summed E-state index contributed by atoms with van der Waals surface area (Å²) < 4.78 is 0. The number of benzene rings is 2. The molecular formula is C16H14. The van der Waals surface area contributed by atoms with Crippen molar-refractivity contribution in [3.8, 4) is 0 Å². The Balaban J connectivity index is 2.31. The summed E-state index contributed by atoms with van der Waals surface area (Å²) in [5.41, 5.74) is 3.13. The van der Waals surface area contributed by atoms with E-state index >= 15 is 0 Å². The van der Waals surface area contributed by atoms with Crippen LogP contribution in [0.4, 0.5) is 0 Å². The van der Waals surface area contributed by atoms with Crippen molar-refractivity contribution in [3.63, 3.8) is 0 Å². The molecule has 0 saturated heterocycles. The van der Waals surface area contributed by atoms with E-state index in [1.165, 1.54) is 36.1 Å². The van der Waals surface area contributed by atoms with Gasteiger partial charge in [0.25, 0.3) is 0 Å². The molecule has 0 radical (unpaired) electrons. The molecule has 0 N–H and O–H groups in total. The van der Waals surface area contributed by atoms with Gasteiger partial charge in [0.05, 0.1) is 0 Å².